The van der Waals surface area contributed by atoms with E-state index in [2.05, 4.69) is 24.5 Å². The van der Waals surface area contributed by atoms with Crippen LogP contribution in [-0.2, 0) is 23.8 Å². The summed E-state index contributed by atoms with van der Waals surface area (Å²) in [6, 6.07) is 0. The van der Waals surface area contributed by atoms with E-state index in [0.29, 0.717) is 18.8 Å². The van der Waals surface area contributed by atoms with Crippen molar-refractivity contribution >= 4 is 11.9 Å². The number of rotatable bonds is 6. The van der Waals surface area contributed by atoms with Crippen molar-refractivity contribution in [2.24, 2.45) is 0 Å². The number of esters is 2. The molecule has 1 heterocycles. The van der Waals surface area contributed by atoms with Gasteiger partial charge in [-0.05, 0) is 25.8 Å². The zero-order valence-corrected chi connectivity index (χ0v) is 11.7. The highest BCUT2D eigenvalue weighted by atomic mass is 16.6. The summed E-state index contributed by atoms with van der Waals surface area (Å²) < 4.78 is 14.5. The van der Waals surface area contributed by atoms with Crippen LogP contribution in [0.2, 0.25) is 0 Å². The summed E-state index contributed by atoms with van der Waals surface area (Å²) in [4.78, 5) is 21.3. The molecule has 0 bridgehead atoms. The monoisotopic (exact) mass is 280 g/mol. The van der Waals surface area contributed by atoms with Gasteiger partial charge >= 0.3 is 11.9 Å². The Bertz CT molecular complexity index is 416. The largest absolute Gasteiger partial charge is 0.460 e. The molecular formula is C15H20O5. The highest BCUT2D eigenvalue weighted by molar-refractivity contribution is 5.87. The summed E-state index contributed by atoms with van der Waals surface area (Å²) in [5.74, 6) is -0.701. The summed E-state index contributed by atoms with van der Waals surface area (Å²) >= 11 is 0. The van der Waals surface area contributed by atoms with Crippen LogP contribution in [-0.4, -0.2) is 36.9 Å². The minimum absolute atomic E-state index is 0.147. The molecule has 2 fully saturated rings. The average molecular weight is 280 g/mol. The van der Waals surface area contributed by atoms with Gasteiger partial charge in [0.1, 0.15) is 18.3 Å². The van der Waals surface area contributed by atoms with E-state index in [9.17, 15) is 9.59 Å². The van der Waals surface area contributed by atoms with E-state index < -0.39 is 0 Å². The molecule has 0 amide bonds. The molecule has 0 spiro atoms. The van der Waals surface area contributed by atoms with E-state index in [4.69, 9.17) is 9.47 Å². The van der Waals surface area contributed by atoms with Crippen molar-refractivity contribution < 1.29 is 23.8 Å². The van der Waals surface area contributed by atoms with Gasteiger partial charge in [0, 0.05) is 11.6 Å². The Morgan fingerprint density at radius 3 is 2.35 bits per heavy atom. The van der Waals surface area contributed by atoms with Gasteiger partial charge in [0.05, 0.1) is 6.61 Å². The lowest BCUT2D eigenvalue weighted by atomic mass is 10.3. The molecular weight excluding hydrogens is 260 g/mol. The summed E-state index contributed by atoms with van der Waals surface area (Å²) in [6.07, 6.45) is 4.77. The second kappa shape index (κ2) is 7.05. The lowest BCUT2D eigenvalue weighted by molar-refractivity contribution is -0.143. The first-order valence-corrected chi connectivity index (χ1v) is 6.35. The van der Waals surface area contributed by atoms with E-state index in [1.807, 2.05) is 0 Å². The van der Waals surface area contributed by atoms with Crippen LogP contribution in [0.25, 0.3) is 0 Å². The molecule has 2 rings (SSSR count). The smallest absolute Gasteiger partial charge is 0.333 e. The SMILES string of the molecule is C=CC(=O)OCC1CO1.C=CC1(OC(=O)C(=C)C)CC1. The third-order valence-electron chi connectivity index (χ3n) is 2.74. The van der Waals surface area contributed by atoms with Gasteiger partial charge in [-0.3, -0.25) is 0 Å². The van der Waals surface area contributed by atoms with Crippen LogP contribution >= 0.6 is 0 Å². The molecule has 0 aromatic heterocycles. The molecule has 1 unspecified atom stereocenters. The standard InChI is InChI=1S/C9H12O2.C6H8O3/c1-4-9(5-6-9)11-8(10)7(2)3;1-2-6(7)9-4-5-3-8-5/h4H,1-2,5-6H2,3H3;2,5H,1,3-4H2. The fourth-order valence-corrected chi connectivity index (χ4v) is 1.14. The third-order valence-corrected chi connectivity index (χ3v) is 2.74. The average Bonchev–Trinajstić information content (AvgIpc) is 3.32. The van der Waals surface area contributed by atoms with Gasteiger partial charge in [0.2, 0.25) is 0 Å². The third kappa shape index (κ3) is 5.84. The first-order valence-electron chi connectivity index (χ1n) is 6.35. The molecule has 110 valence electrons. The number of carbonyl (C=O) groups excluding carboxylic acids is 2. The van der Waals surface area contributed by atoms with Crippen LogP contribution in [0.1, 0.15) is 19.8 Å². The molecule has 1 aliphatic heterocycles. The second-order valence-corrected chi connectivity index (χ2v) is 4.73. The van der Waals surface area contributed by atoms with Crippen LogP contribution in [0.5, 0.6) is 0 Å². The van der Waals surface area contributed by atoms with Crippen molar-refractivity contribution in [3.63, 3.8) is 0 Å². The van der Waals surface area contributed by atoms with Crippen LogP contribution < -0.4 is 0 Å². The number of ether oxygens (including phenoxy) is 3. The topological polar surface area (TPSA) is 65.1 Å². The van der Waals surface area contributed by atoms with Crippen LogP contribution in [0, 0.1) is 0 Å². The Kier molecular flexibility index (Phi) is 5.70. The van der Waals surface area contributed by atoms with Crippen LogP contribution in [0.3, 0.4) is 0 Å². The van der Waals surface area contributed by atoms with Gasteiger partial charge in [0.25, 0.3) is 0 Å². The Balaban J connectivity index is 0.000000204. The molecule has 0 aromatic carbocycles. The Morgan fingerprint density at radius 2 is 2.00 bits per heavy atom. The zero-order chi connectivity index (χ0) is 15.2. The van der Waals surface area contributed by atoms with Crippen molar-refractivity contribution in [1.82, 2.24) is 0 Å². The summed E-state index contributed by atoms with van der Waals surface area (Å²) in [5.41, 5.74) is 0.0916. The van der Waals surface area contributed by atoms with E-state index >= 15 is 0 Å². The maximum absolute atomic E-state index is 11.0. The van der Waals surface area contributed by atoms with Crippen molar-refractivity contribution in [3.8, 4) is 0 Å². The van der Waals surface area contributed by atoms with Crippen molar-refractivity contribution in [3.05, 3.63) is 37.5 Å². The molecule has 2 aliphatic rings. The summed E-state index contributed by atoms with van der Waals surface area (Å²) in [5, 5.41) is 0. The van der Waals surface area contributed by atoms with Crippen molar-refractivity contribution in [2.45, 2.75) is 31.5 Å². The van der Waals surface area contributed by atoms with Crippen LogP contribution in [0.4, 0.5) is 0 Å². The van der Waals surface area contributed by atoms with Crippen LogP contribution in [0.15, 0.2) is 37.5 Å². The second-order valence-electron chi connectivity index (χ2n) is 4.73. The van der Waals surface area contributed by atoms with Gasteiger partial charge in [0.15, 0.2) is 0 Å². The van der Waals surface area contributed by atoms with Gasteiger partial charge in [-0.1, -0.05) is 19.7 Å². The molecule has 0 radical (unpaired) electrons. The molecule has 1 atom stereocenters. The lowest BCUT2D eigenvalue weighted by Gasteiger charge is -2.10. The van der Waals surface area contributed by atoms with Gasteiger partial charge in [-0.15, -0.1) is 0 Å². The number of carbonyl (C=O) groups is 2. The molecule has 0 N–H and O–H groups in total. The van der Waals surface area contributed by atoms with Crippen molar-refractivity contribution in [2.75, 3.05) is 13.2 Å². The Labute approximate surface area is 118 Å². The minimum Gasteiger partial charge on any atom is -0.460 e. The quantitative estimate of drug-likeness (QED) is 0.322. The number of hydrogen-bond acceptors (Lipinski definition) is 5. The maximum atomic E-state index is 11.0. The van der Waals surface area contributed by atoms with Gasteiger partial charge in [-0.25, -0.2) is 9.59 Å². The maximum Gasteiger partial charge on any atom is 0.333 e. The van der Waals surface area contributed by atoms with E-state index in [0.717, 1.165) is 18.9 Å². The molecule has 5 nitrogen and oxygen atoms in total. The number of epoxide rings is 1. The molecule has 5 heteroatoms. The van der Waals surface area contributed by atoms with Gasteiger partial charge < -0.3 is 14.2 Å². The zero-order valence-electron chi connectivity index (χ0n) is 11.7. The highest BCUT2D eigenvalue weighted by Gasteiger charge is 2.43. The fourth-order valence-electron chi connectivity index (χ4n) is 1.14. The number of hydrogen-bond donors (Lipinski definition) is 0. The van der Waals surface area contributed by atoms with Crippen molar-refractivity contribution in [1.29, 1.82) is 0 Å². The normalized spacial score (nSPS) is 20.6. The van der Waals surface area contributed by atoms with E-state index in [1.165, 1.54) is 0 Å². The minimum atomic E-state index is -0.384. The fraction of sp³-hybridized carbons (Fsp3) is 0.467. The van der Waals surface area contributed by atoms with E-state index in [1.54, 1.807) is 13.0 Å². The Hall–Kier alpha value is -1.88. The molecule has 20 heavy (non-hydrogen) atoms. The Morgan fingerprint density at radius 1 is 1.40 bits per heavy atom. The van der Waals surface area contributed by atoms with Gasteiger partial charge in [-0.2, -0.15) is 0 Å². The first-order chi connectivity index (χ1) is 9.42. The summed E-state index contributed by atoms with van der Waals surface area (Å²) in [6.45, 7) is 13.1. The lowest BCUT2D eigenvalue weighted by Crippen LogP contribution is -2.16. The predicted octanol–water partition coefficient (Wildman–Crippen LogP) is 1.94. The predicted molar refractivity (Wildman–Crippen MR) is 74.0 cm³/mol. The first kappa shape index (κ1) is 16.2. The molecule has 1 saturated carbocycles. The highest BCUT2D eigenvalue weighted by Crippen LogP contribution is 2.40. The molecule has 0 aromatic rings. The molecule has 1 aliphatic carbocycles. The van der Waals surface area contributed by atoms with E-state index in [-0.39, 0.29) is 23.6 Å². The summed E-state index contributed by atoms with van der Waals surface area (Å²) in [7, 11) is 0. The molecule has 1 saturated heterocycles.